The molecular weight excluding hydrogens is 342 g/mol. The van der Waals surface area contributed by atoms with Crippen molar-refractivity contribution >= 4 is 29.5 Å². The summed E-state index contributed by atoms with van der Waals surface area (Å²) in [5, 5.41) is 14.9. The minimum atomic E-state index is -0.250. The molecule has 0 aliphatic carbocycles. The number of anilines is 1. The van der Waals surface area contributed by atoms with E-state index in [2.05, 4.69) is 15.2 Å². The van der Waals surface area contributed by atoms with Gasteiger partial charge in [0.2, 0.25) is 0 Å². The number of thiazole rings is 1. The van der Waals surface area contributed by atoms with Gasteiger partial charge in [-0.05, 0) is 44.2 Å². The molecule has 1 aliphatic rings. The van der Waals surface area contributed by atoms with Crippen LogP contribution in [0.2, 0.25) is 0 Å². The van der Waals surface area contributed by atoms with Crippen molar-refractivity contribution in [1.29, 1.82) is 0 Å². The van der Waals surface area contributed by atoms with Crippen molar-refractivity contribution in [1.82, 2.24) is 20.1 Å². The molecule has 1 saturated heterocycles. The number of piperidine rings is 1. The highest BCUT2D eigenvalue weighted by Crippen LogP contribution is 2.23. The molecule has 1 unspecified atom stereocenters. The number of likely N-dealkylation sites (tertiary alicyclic amines) is 1. The summed E-state index contributed by atoms with van der Waals surface area (Å²) < 4.78 is 0. The summed E-state index contributed by atoms with van der Waals surface area (Å²) >= 11 is 1.42. The second kappa shape index (κ2) is 9.07. The first-order valence-corrected chi connectivity index (χ1v) is 8.78. The first kappa shape index (κ1) is 18.8. The van der Waals surface area contributed by atoms with Crippen molar-refractivity contribution in [2.75, 3.05) is 18.8 Å². The molecule has 0 spiro atoms. The lowest BCUT2D eigenvalue weighted by atomic mass is 9.93. The van der Waals surface area contributed by atoms with Crippen LogP contribution in [0.1, 0.15) is 33.9 Å². The maximum Gasteiger partial charge on any atom is 0.290 e. The molecule has 0 saturated carbocycles. The van der Waals surface area contributed by atoms with Crippen molar-refractivity contribution in [3.05, 3.63) is 33.9 Å². The lowest BCUT2D eigenvalue weighted by molar-refractivity contribution is -0.122. The lowest BCUT2D eigenvalue weighted by Gasteiger charge is -2.32. The molecule has 3 heterocycles. The minimum Gasteiger partial charge on any atom is -0.483 e. The fourth-order valence-corrected chi connectivity index (χ4v) is 3.61. The highest BCUT2D eigenvalue weighted by atomic mass is 32.1. The van der Waals surface area contributed by atoms with Crippen LogP contribution in [-0.2, 0) is 11.2 Å². The summed E-state index contributed by atoms with van der Waals surface area (Å²) in [7, 11) is 0. The Balaban J connectivity index is 0.000000701. The zero-order chi connectivity index (χ0) is 18.2. The maximum absolute atomic E-state index is 12.6. The first-order valence-electron chi connectivity index (χ1n) is 7.90. The van der Waals surface area contributed by atoms with Crippen LogP contribution in [0, 0.1) is 12.8 Å². The van der Waals surface area contributed by atoms with Gasteiger partial charge in [0.1, 0.15) is 10.7 Å². The molecule has 2 aromatic rings. The largest absolute Gasteiger partial charge is 0.483 e. The third-order valence-electron chi connectivity index (χ3n) is 3.98. The molecule has 8 nitrogen and oxygen atoms in total. The summed E-state index contributed by atoms with van der Waals surface area (Å²) in [6.45, 7) is 3.22. The van der Waals surface area contributed by atoms with Crippen LogP contribution in [0.25, 0.3) is 0 Å². The van der Waals surface area contributed by atoms with E-state index < -0.39 is 0 Å². The van der Waals surface area contributed by atoms with Gasteiger partial charge in [0.15, 0.2) is 0 Å². The molecule has 9 heteroatoms. The minimum absolute atomic E-state index is 0.105. The number of nitrogens with two attached hydrogens (primary N) is 1. The number of hydrogen-bond donors (Lipinski definition) is 2. The van der Waals surface area contributed by atoms with Crippen LogP contribution >= 0.6 is 11.3 Å². The van der Waals surface area contributed by atoms with Gasteiger partial charge in [-0.25, -0.2) is 4.98 Å². The van der Waals surface area contributed by atoms with Crippen LogP contribution < -0.4 is 5.73 Å². The molecule has 1 atom stereocenters. The average molecular weight is 363 g/mol. The predicted molar refractivity (Wildman–Crippen MR) is 94.3 cm³/mol. The monoisotopic (exact) mass is 363 g/mol. The summed E-state index contributed by atoms with van der Waals surface area (Å²) in [6.07, 6.45) is 2.97. The number of aryl methyl sites for hydroxylation is 1. The van der Waals surface area contributed by atoms with Crippen LogP contribution in [0.3, 0.4) is 0 Å². The van der Waals surface area contributed by atoms with Crippen molar-refractivity contribution in [3.63, 3.8) is 0 Å². The number of carbonyl (C=O) groups is 2. The van der Waals surface area contributed by atoms with E-state index in [1.54, 1.807) is 11.6 Å². The van der Waals surface area contributed by atoms with Crippen molar-refractivity contribution < 1.29 is 14.7 Å². The van der Waals surface area contributed by atoms with E-state index in [1.807, 2.05) is 17.9 Å². The van der Waals surface area contributed by atoms with Gasteiger partial charge in [-0.1, -0.05) is 0 Å². The average Bonchev–Trinajstić information content (AvgIpc) is 3.03. The Morgan fingerprint density at radius 2 is 2.24 bits per heavy atom. The Labute approximate surface area is 149 Å². The smallest absolute Gasteiger partial charge is 0.290 e. The third kappa shape index (κ3) is 5.21. The van der Waals surface area contributed by atoms with Gasteiger partial charge in [0, 0.05) is 13.1 Å². The number of aromatic nitrogens is 3. The molecule has 1 fully saturated rings. The lowest BCUT2D eigenvalue weighted by Crippen LogP contribution is -2.40. The van der Waals surface area contributed by atoms with Crippen molar-refractivity contribution in [3.8, 4) is 0 Å². The fourth-order valence-electron chi connectivity index (χ4n) is 2.84. The quantitative estimate of drug-likeness (QED) is 0.794. The van der Waals surface area contributed by atoms with Gasteiger partial charge < -0.3 is 15.7 Å². The van der Waals surface area contributed by atoms with E-state index in [4.69, 9.17) is 15.6 Å². The van der Waals surface area contributed by atoms with Gasteiger partial charge in [-0.15, -0.1) is 16.4 Å². The maximum atomic E-state index is 12.6. The molecule has 1 aliphatic heterocycles. The molecule has 2 aromatic heterocycles. The second-order valence-corrected chi connectivity index (χ2v) is 6.64. The highest BCUT2D eigenvalue weighted by Gasteiger charge is 2.26. The summed E-state index contributed by atoms with van der Waals surface area (Å²) in [5.41, 5.74) is 9.04. The fraction of sp³-hybridized carbons (Fsp3) is 0.438. The van der Waals surface area contributed by atoms with Gasteiger partial charge in [-0.2, -0.15) is 5.10 Å². The van der Waals surface area contributed by atoms with Crippen LogP contribution in [-0.4, -0.2) is 50.7 Å². The Kier molecular flexibility index (Phi) is 6.81. The van der Waals surface area contributed by atoms with E-state index in [9.17, 15) is 4.79 Å². The Hall–Kier alpha value is -2.55. The zero-order valence-corrected chi connectivity index (χ0v) is 14.8. The highest BCUT2D eigenvalue weighted by molar-refractivity contribution is 7.11. The van der Waals surface area contributed by atoms with Gasteiger partial charge in [0.05, 0.1) is 16.9 Å². The Bertz CT molecular complexity index is 704. The first-order chi connectivity index (χ1) is 12.0. The number of carboxylic acid groups (broad SMARTS) is 1. The Morgan fingerprint density at radius 3 is 2.84 bits per heavy atom. The number of nitrogens with zero attached hydrogens (tertiary/aromatic N) is 4. The molecule has 3 N–H and O–H groups in total. The molecule has 0 radical (unpaired) electrons. The third-order valence-corrected chi connectivity index (χ3v) is 4.90. The topological polar surface area (TPSA) is 122 Å². The molecule has 0 aromatic carbocycles. The summed E-state index contributed by atoms with van der Waals surface area (Å²) in [5.74, 6) is 0.960. The second-order valence-electron chi connectivity index (χ2n) is 5.79. The SMILES string of the molecule is Cc1ncsc1C(=O)N1CCCC(Cc2ccc(N)nn2)C1.O=CO. The number of rotatable bonds is 3. The van der Waals surface area contributed by atoms with Gasteiger partial charge in [0.25, 0.3) is 12.4 Å². The van der Waals surface area contributed by atoms with E-state index in [1.165, 1.54) is 11.3 Å². The van der Waals surface area contributed by atoms with Crippen LogP contribution in [0.4, 0.5) is 5.82 Å². The number of carbonyl (C=O) groups excluding carboxylic acids is 1. The zero-order valence-electron chi connectivity index (χ0n) is 14.0. The summed E-state index contributed by atoms with van der Waals surface area (Å²) in [4.78, 5) is 27.8. The molecule has 0 bridgehead atoms. The Morgan fingerprint density at radius 1 is 1.48 bits per heavy atom. The van der Waals surface area contributed by atoms with Crippen LogP contribution in [0.5, 0.6) is 0 Å². The molecule has 25 heavy (non-hydrogen) atoms. The van der Waals surface area contributed by atoms with Crippen molar-refractivity contribution in [2.24, 2.45) is 5.92 Å². The van der Waals surface area contributed by atoms with E-state index in [0.29, 0.717) is 11.7 Å². The molecular formula is C16H21N5O3S. The summed E-state index contributed by atoms with van der Waals surface area (Å²) in [6, 6.07) is 3.69. The van der Waals surface area contributed by atoms with E-state index >= 15 is 0 Å². The molecule has 134 valence electrons. The molecule has 1 amide bonds. The van der Waals surface area contributed by atoms with Crippen molar-refractivity contribution in [2.45, 2.75) is 26.2 Å². The number of hydrogen-bond acceptors (Lipinski definition) is 7. The number of nitrogen functional groups attached to an aromatic ring is 1. The van der Waals surface area contributed by atoms with E-state index in [-0.39, 0.29) is 12.4 Å². The van der Waals surface area contributed by atoms with Gasteiger partial charge >= 0.3 is 0 Å². The molecule has 3 rings (SSSR count). The standard InChI is InChI=1S/C15H19N5OS.CH2O2/c1-10-14(22-9-17-10)15(21)20-6-2-3-11(8-20)7-12-4-5-13(16)19-18-12;2-1-3/h4-5,9,11H,2-3,6-8H2,1H3,(H2,16,19);1H,(H,2,3). The number of amides is 1. The van der Waals surface area contributed by atoms with E-state index in [0.717, 1.165) is 48.6 Å². The van der Waals surface area contributed by atoms with Gasteiger partial charge in [-0.3, -0.25) is 9.59 Å². The van der Waals surface area contributed by atoms with Crippen LogP contribution in [0.15, 0.2) is 17.6 Å². The normalized spacial score (nSPS) is 16.7. The predicted octanol–water partition coefficient (Wildman–Crippen LogP) is 1.62.